The molecule has 1 saturated heterocycles. The third-order valence-electron chi connectivity index (χ3n) is 3.15. The van der Waals surface area contributed by atoms with E-state index in [0.29, 0.717) is 13.0 Å². The average Bonchev–Trinajstić information content (AvgIpc) is 2.93. The van der Waals surface area contributed by atoms with Gasteiger partial charge in [0.25, 0.3) is 0 Å². The molecule has 1 aromatic heterocycles. The third kappa shape index (κ3) is 3.35. The molecule has 0 aliphatic carbocycles. The van der Waals surface area contributed by atoms with Crippen LogP contribution in [0.5, 0.6) is 0 Å². The van der Waals surface area contributed by atoms with Crippen LogP contribution in [-0.2, 0) is 4.79 Å². The van der Waals surface area contributed by atoms with Gasteiger partial charge in [-0.3, -0.25) is 9.78 Å². The molecule has 1 aliphatic rings. The number of aromatic nitrogens is 1. The molecule has 2 heterocycles. The van der Waals surface area contributed by atoms with Crippen molar-refractivity contribution in [1.82, 2.24) is 9.88 Å². The van der Waals surface area contributed by atoms with Crippen molar-refractivity contribution in [3.63, 3.8) is 0 Å². The molecule has 5 nitrogen and oxygen atoms in total. The molecule has 0 saturated carbocycles. The van der Waals surface area contributed by atoms with E-state index in [2.05, 4.69) is 15.6 Å². The van der Waals surface area contributed by atoms with Crippen LogP contribution < -0.4 is 10.6 Å². The molecule has 0 radical (unpaired) electrons. The van der Waals surface area contributed by atoms with Crippen LogP contribution in [0.15, 0.2) is 18.5 Å². The predicted molar refractivity (Wildman–Crippen MR) is 72.7 cm³/mol. The molecule has 2 rings (SSSR count). The van der Waals surface area contributed by atoms with E-state index in [-0.39, 0.29) is 5.91 Å². The summed E-state index contributed by atoms with van der Waals surface area (Å²) in [4.78, 5) is 17.9. The van der Waals surface area contributed by atoms with E-state index in [9.17, 15) is 4.79 Å². The Labute approximate surface area is 108 Å². The van der Waals surface area contributed by atoms with Crippen LogP contribution in [0.25, 0.3) is 0 Å². The molecule has 0 aromatic carbocycles. The molecular formula is C13H20N4O. The minimum Gasteiger partial charge on any atom is -0.387 e. The summed E-state index contributed by atoms with van der Waals surface area (Å²) in [7, 11) is 1.86. The summed E-state index contributed by atoms with van der Waals surface area (Å²) in [5.74, 6) is 0.248. The number of hydrogen-bond donors (Lipinski definition) is 2. The van der Waals surface area contributed by atoms with Gasteiger partial charge in [0.2, 0.25) is 5.91 Å². The van der Waals surface area contributed by atoms with E-state index in [0.717, 1.165) is 37.3 Å². The van der Waals surface area contributed by atoms with E-state index in [4.69, 9.17) is 0 Å². The zero-order valence-corrected chi connectivity index (χ0v) is 10.8. The Kier molecular flexibility index (Phi) is 4.39. The molecule has 18 heavy (non-hydrogen) atoms. The SMILES string of the molecule is CNc1cncc(NCCC(=O)N2CCCC2)c1. The van der Waals surface area contributed by atoms with Crippen LogP contribution in [0.4, 0.5) is 11.4 Å². The maximum atomic E-state index is 11.8. The number of carbonyl (C=O) groups is 1. The van der Waals surface area contributed by atoms with Gasteiger partial charge < -0.3 is 15.5 Å². The Balaban J connectivity index is 1.75. The summed E-state index contributed by atoms with van der Waals surface area (Å²) < 4.78 is 0. The van der Waals surface area contributed by atoms with E-state index in [1.807, 2.05) is 18.0 Å². The highest BCUT2D eigenvalue weighted by Crippen LogP contribution is 2.13. The predicted octanol–water partition coefficient (Wildman–Crippen LogP) is 1.55. The maximum Gasteiger partial charge on any atom is 0.224 e. The fourth-order valence-corrected chi connectivity index (χ4v) is 2.11. The van der Waals surface area contributed by atoms with Gasteiger partial charge in [0, 0.05) is 33.1 Å². The highest BCUT2D eigenvalue weighted by atomic mass is 16.2. The molecule has 0 atom stereocenters. The number of rotatable bonds is 5. The van der Waals surface area contributed by atoms with Crippen LogP contribution >= 0.6 is 0 Å². The summed E-state index contributed by atoms with van der Waals surface area (Å²) in [5.41, 5.74) is 1.90. The zero-order chi connectivity index (χ0) is 12.8. The van der Waals surface area contributed by atoms with E-state index in [1.54, 1.807) is 12.4 Å². The molecule has 1 amide bonds. The van der Waals surface area contributed by atoms with Gasteiger partial charge >= 0.3 is 0 Å². The van der Waals surface area contributed by atoms with Crippen LogP contribution in [0.2, 0.25) is 0 Å². The summed E-state index contributed by atoms with van der Waals surface area (Å²) in [6.45, 7) is 2.51. The van der Waals surface area contributed by atoms with E-state index < -0.39 is 0 Å². The Morgan fingerprint density at radius 2 is 2.06 bits per heavy atom. The normalized spacial score (nSPS) is 14.6. The van der Waals surface area contributed by atoms with Gasteiger partial charge in [-0.15, -0.1) is 0 Å². The highest BCUT2D eigenvalue weighted by molar-refractivity contribution is 5.77. The van der Waals surface area contributed by atoms with Gasteiger partial charge in [0.1, 0.15) is 0 Å². The summed E-state index contributed by atoms with van der Waals surface area (Å²) in [6, 6.07) is 1.98. The molecule has 1 aliphatic heterocycles. The zero-order valence-electron chi connectivity index (χ0n) is 10.8. The van der Waals surface area contributed by atoms with E-state index >= 15 is 0 Å². The summed E-state index contributed by atoms with van der Waals surface area (Å²) in [6.07, 6.45) is 6.37. The summed E-state index contributed by atoms with van der Waals surface area (Å²) in [5, 5.41) is 6.26. The second kappa shape index (κ2) is 6.23. The molecular weight excluding hydrogens is 228 g/mol. The Hall–Kier alpha value is -1.78. The number of nitrogens with zero attached hydrogens (tertiary/aromatic N) is 2. The van der Waals surface area contributed by atoms with Crippen molar-refractivity contribution in [2.75, 3.05) is 37.3 Å². The van der Waals surface area contributed by atoms with Crippen LogP contribution in [-0.4, -0.2) is 42.5 Å². The van der Waals surface area contributed by atoms with Gasteiger partial charge in [-0.2, -0.15) is 0 Å². The monoisotopic (exact) mass is 248 g/mol. The fourth-order valence-electron chi connectivity index (χ4n) is 2.11. The van der Waals surface area contributed by atoms with Crippen molar-refractivity contribution in [2.24, 2.45) is 0 Å². The quantitative estimate of drug-likeness (QED) is 0.830. The van der Waals surface area contributed by atoms with Crippen molar-refractivity contribution in [1.29, 1.82) is 0 Å². The van der Waals surface area contributed by atoms with Gasteiger partial charge in [0.15, 0.2) is 0 Å². The molecule has 0 unspecified atom stereocenters. The van der Waals surface area contributed by atoms with Gasteiger partial charge in [-0.05, 0) is 18.9 Å². The molecule has 0 bridgehead atoms. The smallest absolute Gasteiger partial charge is 0.224 e. The van der Waals surface area contributed by atoms with Crippen LogP contribution in [0.1, 0.15) is 19.3 Å². The molecule has 1 fully saturated rings. The number of nitrogens with one attached hydrogen (secondary N) is 2. The minimum atomic E-state index is 0.248. The Bertz CT molecular complexity index is 402. The number of carbonyl (C=O) groups excluding carboxylic acids is 1. The largest absolute Gasteiger partial charge is 0.387 e. The number of amides is 1. The molecule has 1 aromatic rings. The number of likely N-dealkylation sites (tertiary alicyclic amines) is 1. The Morgan fingerprint density at radius 3 is 2.78 bits per heavy atom. The van der Waals surface area contributed by atoms with Gasteiger partial charge in [-0.1, -0.05) is 0 Å². The first kappa shape index (κ1) is 12.7. The first-order chi connectivity index (χ1) is 8.79. The van der Waals surface area contributed by atoms with Crippen LogP contribution in [0, 0.1) is 0 Å². The van der Waals surface area contributed by atoms with Crippen molar-refractivity contribution < 1.29 is 4.79 Å². The van der Waals surface area contributed by atoms with Crippen molar-refractivity contribution >= 4 is 17.3 Å². The van der Waals surface area contributed by atoms with Crippen LogP contribution in [0.3, 0.4) is 0 Å². The lowest BCUT2D eigenvalue weighted by molar-refractivity contribution is -0.129. The van der Waals surface area contributed by atoms with E-state index in [1.165, 1.54) is 0 Å². The lowest BCUT2D eigenvalue weighted by atomic mass is 10.3. The second-order valence-corrected chi connectivity index (χ2v) is 4.48. The fraction of sp³-hybridized carbons (Fsp3) is 0.538. The molecule has 5 heteroatoms. The molecule has 2 N–H and O–H groups in total. The Morgan fingerprint density at radius 1 is 1.33 bits per heavy atom. The third-order valence-corrected chi connectivity index (χ3v) is 3.15. The lowest BCUT2D eigenvalue weighted by Crippen LogP contribution is -2.29. The number of anilines is 2. The van der Waals surface area contributed by atoms with Crippen molar-refractivity contribution in [3.05, 3.63) is 18.5 Å². The van der Waals surface area contributed by atoms with Crippen molar-refractivity contribution in [3.8, 4) is 0 Å². The first-order valence-corrected chi connectivity index (χ1v) is 6.44. The van der Waals surface area contributed by atoms with Gasteiger partial charge in [-0.25, -0.2) is 0 Å². The standard InChI is InChI=1S/C13H20N4O/c1-14-11-8-12(10-15-9-11)16-5-4-13(18)17-6-2-3-7-17/h8-10,14,16H,2-7H2,1H3. The summed E-state index contributed by atoms with van der Waals surface area (Å²) >= 11 is 0. The second-order valence-electron chi connectivity index (χ2n) is 4.48. The van der Waals surface area contributed by atoms with Gasteiger partial charge in [0.05, 0.1) is 23.8 Å². The topological polar surface area (TPSA) is 57.3 Å². The number of hydrogen-bond acceptors (Lipinski definition) is 4. The maximum absolute atomic E-state index is 11.8. The van der Waals surface area contributed by atoms with Crippen molar-refractivity contribution in [2.45, 2.75) is 19.3 Å². The highest BCUT2D eigenvalue weighted by Gasteiger charge is 2.16. The average molecular weight is 248 g/mol. The minimum absolute atomic E-state index is 0.248. The number of pyridine rings is 1. The first-order valence-electron chi connectivity index (χ1n) is 6.44. The molecule has 0 spiro atoms. The molecule has 98 valence electrons. The lowest BCUT2D eigenvalue weighted by Gasteiger charge is -2.15.